The van der Waals surface area contributed by atoms with Gasteiger partial charge in [0.05, 0.1) is 12.1 Å². The van der Waals surface area contributed by atoms with Crippen LogP contribution in [-0.2, 0) is 0 Å². The number of halogens is 1. The van der Waals surface area contributed by atoms with Gasteiger partial charge in [-0.05, 0) is 36.5 Å². The second-order valence-electron chi connectivity index (χ2n) is 3.92. The average molecular weight is 228 g/mol. The van der Waals surface area contributed by atoms with Crippen LogP contribution >= 0.6 is 11.6 Å². The van der Waals surface area contributed by atoms with Crippen molar-refractivity contribution >= 4 is 11.6 Å². The van der Waals surface area contributed by atoms with E-state index >= 15 is 0 Å². The SMILES string of the molecule is COc1cc(C(N)C2CC2)cc(Cl)c1O. The fourth-order valence-electron chi connectivity index (χ4n) is 1.67. The number of hydrogen-bond acceptors (Lipinski definition) is 3. The zero-order chi connectivity index (χ0) is 11.0. The Labute approximate surface area is 93.8 Å². The smallest absolute Gasteiger partial charge is 0.176 e. The molecule has 0 radical (unpaired) electrons. The molecule has 3 nitrogen and oxygen atoms in total. The van der Waals surface area contributed by atoms with Gasteiger partial charge in [-0.1, -0.05) is 11.6 Å². The van der Waals surface area contributed by atoms with E-state index in [1.165, 1.54) is 20.0 Å². The van der Waals surface area contributed by atoms with Crippen molar-refractivity contribution in [1.29, 1.82) is 0 Å². The van der Waals surface area contributed by atoms with E-state index in [2.05, 4.69) is 0 Å². The molecule has 1 aromatic carbocycles. The molecule has 0 bridgehead atoms. The fraction of sp³-hybridized carbons (Fsp3) is 0.455. The minimum absolute atomic E-state index is 0.00278. The normalized spacial score (nSPS) is 17.5. The van der Waals surface area contributed by atoms with Gasteiger partial charge < -0.3 is 15.6 Å². The molecule has 1 aromatic rings. The van der Waals surface area contributed by atoms with Crippen LogP contribution in [0.4, 0.5) is 0 Å². The number of nitrogens with two attached hydrogens (primary N) is 1. The molecule has 0 amide bonds. The summed E-state index contributed by atoms with van der Waals surface area (Å²) in [5, 5.41) is 9.85. The first kappa shape index (κ1) is 10.6. The molecule has 1 fully saturated rings. The molecule has 4 heteroatoms. The molecule has 15 heavy (non-hydrogen) atoms. The third-order valence-corrected chi connectivity index (χ3v) is 3.07. The summed E-state index contributed by atoms with van der Waals surface area (Å²) in [4.78, 5) is 0. The molecule has 0 saturated heterocycles. The zero-order valence-electron chi connectivity index (χ0n) is 8.53. The fourth-order valence-corrected chi connectivity index (χ4v) is 1.89. The van der Waals surface area contributed by atoms with Crippen LogP contribution in [0.3, 0.4) is 0 Å². The maximum atomic E-state index is 9.56. The third kappa shape index (κ3) is 2.03. The summed E-state index contributed by atoms with van der Waals surface area (Å²) in [5.74, 6) is 0.912. The zero-order valence-corrected chi connectivity index (χ0v) is 9.29. The molecule has 0 aliphatic heterocycles. The van der Waals surface area contributed by atoms with Crippen LogP contribution in [-0.4, -0.2) is 12.2 Å². The molecule has 1 unspecified atom stereocenters. The number of benzene rings is 1. The van der Waals surface area contributed by atoms with Gasteiger partial charge in [0.15, 0.2) is 11.5 Å². The lowest BCUT2D eigenvalue weighted by atomic mass is 10.0. The summed E-state index contributed by atoms with van der Waals surface area (Å²) in [5.41, 5.74) is 6.97. The molecule has 0 aromatic heterocycles. The van der Waals surface area contributed by atoms with Crippen LogP contribution in [0.5, 0.6) is 11.5 Å². The maximum Gasteiger partial charge on any atom is 0.176 e. The minimum atomic E-state index is -0.0223. The van der Waals surface area contributed by atoms with Crippen LogP contribution < -0.4 is 10.5 Å². The van der Waals surface area contributed by atoms with Crippen LogP contribution in [0.15, 0.2) is 12.1 Å². The van der Waals surface area contributed by atoms with E-state index in [-0.39, 0.29) is 11.8 Å². The van der Waals surface area contributed by atoms with E-state index in [9.17, 15) is 5.11 Å². The van der Waals surface area contributed by atoms with Gasteiger partial charge in [0.1, 0.15) is 0 Å². The molecular weight excluding hydrogens is 214 g/mol. The predicted octanol–water partition coefficient (Wildman–Crippen LogP) is 2.46. The Bertz CT molecular complexity index is 377. The highest BCUT2D eigenvalue weighted by Gasteiger charge is 2.30. The van der Waals surface area contributed by atoms with Crippen molar-refractivity contribution in [3.8, 4) is 11.5 Å². The van der Waals surface area contributed by atoms with Crippen molar-refractivity contribution in [3.05, 3.63) is 22.7 Å². The number of methoxy groups -OCH3 is 1. The summed E-state index contributed by atoms with van der Waals surface area (Å²) in [6.07, 6.45) is 2.34. The summed E-state index contributed by atoms with van der Waals surface area (Å²) in [6, 6.07) is 3.46. The Balaban J connectivity index is 2.35. The van der Waals surface area contributed by atoms with Gasteiger partial charge in [-0.2, -0.15) is 0 Å². The number of phenols is 1. The Morgan fingerprint density at radius 2 is 2.20 bits per heavy atom. The van der Waals surface area contributed by atoms with Gasteiger partial charge in [0.2, 0.25) is 0 Å². The predicted molar refractivity (Wildman–Crippen MR) is 59.3 cm³/mol. The standard InChI is InChI=1S/C11H14ClNO2/c1-15-9-5-7(4-8(12)11(9)14)10(13)6-2-3-6/h4-6,10,14H,2-3,13H2,1H3. The van der Waals surface area contributed by atoms with E-state index in [4.69, 9.17) is 22.1 Å². The molecule has 1 atom stereocenters. The van der Waals surface area contributed by atoms with Gasteiger partial charge in [0.25, 0.3) is 0 Å². The maximum absolute atomic E-state index is 9.56. The van der Waals surface area contributed by atoms with Gasteiger partial charge in [-0.25, -0.2) is 0 Å². The second kappa shape index (κ2) is 3.91. The second-order valence-corrected chi connectivity index (χ2v) is 4.32. The highest BCUT2D eigenvalue weighted by atomic mass is 35.5. The summed E-state index contributed by atoms with van der Waals surface area (Å²) in [6.45, 7) is 0. The van der Waals surface area contributed by atoms with Crippen LogP contribution in [0, 0.1) is 5.92 Å². The van der Waals surface area contributed by atoms with Gasteiger partial charge in [-0.15, -0.1) is 0 Å². The van der Waals surface area contributed by atoms with Crippen LogP contribution in [0.2, 0.25) is 5.02 Å². The topological polar surface area (TPSA) is 55.5 Å². The highest BCUT2D eigenvalue weighted by molar-refractivity contribution is 6.32. The Hall–Kier alpha value is -0.930. The Morgan fingerprint density at radius 3 is 2.73 bits per heavy atom. The van der Waals surface area contributed by atoms with E-state index in [0.29, 0.717) is 16.7 Å². The Kier molecular flexibility index (Phi) is 2.76. The molecule has 2 rings (SSSR count). The van der Waals surface area contributed by atoms with Crippen molar-refractivity contribution in [1.82, 2.24) is 0 Å². The molecule has 0 heterocycles. The van der Waals surface area contributed by atoms with Gasteiger partial charge in [0, 0.05) is 6.04 Å². The quantitative estimate of drug-likeness (QED) is 0.834. The average Bonchev–Trinajstić information content (AvgIpc) is 3.04. The first-order valence-corrected chi connectivity index (χ1v) is 5.33. The minimum Gasteiger partial charge on any atom is -0.503 e. The molecular formula is C11H14ClNO2. The molecule has 3 N–H and O–H groups in total. The largest absolute Gasteiger partial charge is 0.503 e. The van der Waals surface area contributed by atoms with E-state index in [1.54, 1.807) is 12.1 Å². The van der Waals surface area contributed by atoms with Gasteiger partial charge >= 0.3 is 0 Å². The van der Waals surface area contributed by atoms with Crippen LogP contribution in [0.1, 0.15) is 24.4 Å². The number of hydrogen-bond donors (Lipinski definition) is 2. The lowest BCUT2D eigenvalue weighted by Gasteiger charge is -2.14. The molecule has 1 aliphatic rings. The third-order valence-electron chi connectivity index (χ3n) is 2.79. The number of phenolic OH excluding ortho intramolecular Hbond substituents is 1. The molecule has 82 valence electrons. The molecule has 0 spiro atoms. The summed E-state index contributed by atoms with van der Waals surface area (Å²) in [7, 11) is 1.50. The Morgan fingerprint density at radius 1 is 1.53 bits per heavy atom. The van der Waals surface area contributed by atoms with E-state index in [0.717, 1.165) is 5.56 Å². The van der Waals surface area contributed by atoms with E-state index < -0.39 is 0 Å². The van der Waals surface area contributed by atoms with Gasteiger partial charge in [-0.3, -0.25) is 0 Å². The van der Waals surface area contributed by atoms with E-state index in [1.807, 2.05) is 0 Å². The number of rotatable bonds is 3. The van der Waals surface area contributed by atoms with Crippen molar-refractivity contribution < 1.29 is 9.84 Å². The van der Waals surface area contributed by atoms with Crippen molar-refractivity contribution in [2.45, 2.75) is 18.9 Å². The number of aromatic hydroxyl groups is 1. The summed E-state index contributed by atoms with van der Waals surface area (Å²) >= 11 is 5.88. The lowest BCUT2D eigenvalue weighted by Crippen LogP contribution is -2.12. The van der Waals surface area contributed by atoms with Crippen LogP contribution in [0.25, 0.3) is 0 Å². The van der Waals surface area contributed by atoms with Crippen molar-refractivity contribution in [2.24, 2.45) is 11.7 Å². The highest BCUT2D eigenvalue weighted by Crippen LogP contribution is 2.43. The van der Waals surface area contributed by atoms with Crippen molar-refractivity contribution in [3.63, 3.8) is 0 Å². The monoisotopic (exact) mass is 227 g/mol. The first-order valence-electron chi connectivity index (χ1n) is 4.95. The summed E-state index contributed by atoms with van der Waals surface area (Å²) < 4.78 is 5.03. The molecule has 1 saturated carbocycles. The van der Waals surface area contributed by atoms with Crippen molar-refractivity contribution in [2.75, 3.05) is 7.11 Å². The molecule has 1 aliphatic carbocycles. The number of ether oxygens (including phenoxy) is 1. The lowest BCUT2D eigenvalue weighted by molar-refractivity contribution is 0.372. The first-order chi connectivity index (χ1) is 7.13.